The molecule has 1 aliphatic rings. The van der Waals surface area contributed by atoms with Gasteiger partial charge in [-0.1, -0.05) is 19.1 Å². The molecule has 0 radical (unpaired) electrons. The minimum atomic E-state index is 0.0969. The Kier molecular flexibility index (Phi) is 5.63. The van der Waals surface area contributed by atoms with Crippen molar-refractivity contribution in [1.29, 1.82) is 0 Å². The van der Waals surface area contributed by atoms with Crippen LogP contribution in [-0.4, -0.2) is 24.0 Å². The number of thiazole rings is 1. The minimum absolute atomic E-state index is 0.0969. The van der Waals surface area contributed by atoms with E-state index in [-0.39, 0.29) is 5.91 Å². The molecule has 1 saturated heterocycles. The summed E-state index contributed by atoms with van der Waals surface area (Å²) in [5, 5.41) is 9.57. The zero-order valence-electron chi connectivity index (χ0n) is 14.3. The van der Waals surface area contributed by atoms with Gasteiger partial charge in [-0.2, -0.15) is 0 Å². The van der Waals surface area contributed by atoms with Crippen molar-refractivity contribution >= 4 is 22.9 Å². The normalized spacial score (nSPS) is 19.0. The summed E-state index contributed by atoms with van der Waals surface area (Å²) in [7, 11) is 0. The van der Waals surface area contributed by atoms with Crippen LogP contribution in [0.3, 0.4) is 0 Å². The molecule has 1 fully saturated rings. The van der Waals surface area contributed by atoms with Gasteiger partial charge in [-0.3, -0.25) is 4.79 Å². The van der Waals surface area contributed by atoms with Gasteiger partial charge in [0.05, 0.1) is 10.7 Å². The molecule has 2 atom stereocenters. The molecule has 0 saturated carbocycles. The van der Waals surface area contributed by atoms with Crippen molar-refractivity contribution in [2.24, 2.45) is 11.8 Å². The summed E-state index contributed by atoms with van der Waals surface area (Å²) in [6.07, 6.45) is 3.01. The van der Waals surface area contributed by atoms with Crippen LogP contribution in [0.5, 0.6) is 0 Å². The van der Waals surface area contributed by atoms with Crippen LogP contribution in [0.15, 0.2) is 29.6 Å². The first kappa shape index (κ1) is 17.1. The lowest BCUT2D eigenvalue weighted by Gasteiger charge is -2.28. The second-order valence-corrected chi connectivity index (χ2v) is 7.73. The lowest BCUT2D eigenvalue weighted by Crippen LogP contribution is -2.34. The summed E-state index contributed by atoms with van der Waals surface area (Å²) >= 11 is 1.64. The molecule has 4 nitrogen and oxygen atoms in total. The average Bonchev–Trinajstić information content (AvgIpc) is 3.02. The van der Waals surface area contributed by atoms with Crippen molar-refractivity contribution < 1.29 is 4.79 Å². The number of carbonyl (C=O) groups excluding carboxylic acids is 1. The Morgan fingerprint density at radius 1 is 1.50 bits per heavy atom. The van der Waals surface area contributed by atoms with E-state index < -0.39 is 0 Å². The van der Waals surface area contributed by atoms with Crippen molar-refractivity contribution in [1.82, 2.24) is 10.3 Å². The number of nitrogens with zero attached hydrogens (tertiary/aromatic N) is 1. The van der Waals surface area contributed by atoms with Crippen molar-refractivity contribution in [3.63, 3.8) is 0 Å². The Morgan fingerprint density at radius 2 is 2.38 bits per heavy atom. The molecule has 24 heavy (non-hydrogen) atoms. The minimum Gasteiger partial charge on any atom is -0.326 e. The predicted molar refractivity (Wildman–Crippen MR) is 100 cm³/mol. The Balaban J connectivity index is 1.60. The molecule has 2 aromatic rings. The number of hydrogen-bond acceptors (Lipinski definition) is 4. The Morgan fingerprint density at radius 3 is 3.08 bits per heavy atom. The van der Waals surface area contributed by atoms with Gasteiger partial charge in [0.25, 0.3) is 0 Å². The van der Waals surface area contributed by atoms with E-state index in [0.717, 1.165) is 35.0 Å². The molecule has 1 aromatic heterocycles. The monoisotopic (exact) mass is 343 g/mol. The highest BCUT2D eigenvalue weighted by atomic mass is 32.1. The molecule has 5 heteroatoms. The molecular weight excluding hydrogens is 318 g/mol. The fourth-order valence-electron chi connectivity index (χ4n) is 3.29. The molecule has 128 valence electrons. The average molecular weight is 343 g/mol. The number of carbonyl (C=O) groups is 1. The predicted octanol–water partition coefficient (Wildman–Crippen LogP) is 4.08. The number of aryl methyl sites for hydroxylation is 1. The zero-order valence-corrected chi connectivity index (χ0v) is 15.2. The highest BCUT2D eigenvalue weighted by Gasteiger charge is 2.22. The first-order valence-electron chi connectivity index (χ1n) is 8.65. The van der Waals surface area contributed by atoms with Crippen LogP contribution >= 0.6 is 11.3 Å². The molecule has 1 aliphatic heterocycles. The van der Waals surface area contributed by atoms with Crippen LogP contribution in [0.25, 0.3) is 11.3 Å². The van der Waals surface area contributed by atoms with E-state index in [4.69, 9.17) is 0 Å². The highest BCUT2D eigenvalue weighted by Crippen LogP contribution is 2.25. The fourth-order valence-corrected chi connectivity index (χ4v) is 3.91. The van der Waals surface area contributed by atoms with Crippen LogP contribution in [0.2, 0.25) is 0 Å². The number of benzene rings is 1. The van der Waals surface area contributed by atoms with E-state index in [0.29, 0.717) is 18.3 Å². The van der Waals surface area contributed by atoms with Gasteiger partial charge in [0, 0.05) is 23.1 Å². The number of anilines is 1. The van der Waals surface area contributed by atoms with Crippen LogP contribution in [-0.2, 0) is 4.79 Å². The van der Waals surface area contributed by atoms with Crippen LogP contribution in [0, 0.1) is 18.8 Å². The third-order valence-corrected chi connectivity index (χ3v) is 5.48. The Labute approximate surface area is 147 Å². The second-order valence-electron chi connectivity index (χ2n) is 6.67. The summed E-state index contributed by atoms with van der Waals surface area (Å²) in [5.41, 5.74) is 2.86. The van der Waals surface area contributed by atoms with Crippen LogP contribution in [0.1, 0.15) is 31.2 Å². The van der Waals surface area contributed by atoms with Crippen molar-refractivity contribution in [3.8, 4) is 11.3 Å². The van der Waals surface area contributed by atoms with Crippen molar-refractivity contribution in [2.45, 2.75) is 33.1 Å². The van der Waals surface area contributed by atoms with Crippen LogP contribution in [0.4, 0.5) is 5.69 Å². The molecule has 2 N–H and O–H groups in total. The molecule has 0 spiro atoms. The fraction of sp³-hybridized carbons (Fsp3) is 0.474. The Bertz CT molecular complexity index is 691. The smallest absolute Gasteiger partial charge is 0.224 e. The Hall–Kier alpha value is -1.72. The lowest BCUT2D eigenvalue weighted by molar-refractivity contribution is -0.117. The molecule has 2 unspecified atom stereocenters. The van der Waals surface area contributed by atoms with E-state index in [1.165, 1.54) is 12.8 Å². The van der Waals surface area contributed by atoms with Crippen molar-refractivity contribution in [3.05, 3.63) is 34.7 Å². The number of aromatic nitrogens is 1. The SMILES string of the molecule is Cc1nc(-c2cccc(NC(=O)CC(C)C3CCCNC3)c2)cs1. The third-order valence-electron chi connectivity index (χ3n) is 4.71. The molecular formula is C19H25N3OS. The third kappa shape index (κ3) is 4.42. The molecule has 0 aliphatic carbocycles. The maximum Gasteiger partial charge on any atom is 0.224 e. The number of piperidine rings is 1. The highest BCUT2D eigenvalue weighted by molar-refractivity contribution is 7.09. The van der Waals surface area contributed by atoms with Crippen molar-refractivity contribution in [2.75, 3.05) is 18.4 Å². The van der Waals surface area contributed by atoms with Gasteiger partial charge < -0.3 is 10.6 Å². The number of rotatable bonds is 5. The summed E-state index contributed by atoms with van der Waals surface area (Å²) in [5.74, 6) is 1.11. The largest absolute Gasteiger partial charge is 0.326 e. The van der Waals surface area contributed by atoms with E-state index in [9.17, 15) is 4.79 Å². The second kappa shape index (κ2) is 7.90. The zero-order chi connectivity index (χ0) is 16.9. The topological polar surface area (TPSA) is 54.0 Å². The quantitative estimate of drug-likeness (QED) is 0.860. The van der Waals surface area contributed by atoms with Gasteiger partial charge in [-0.05, 0) is 56.8 Å². The molecule has 3 rings (SSSR count). The van der Waals surface area contributed by atoms with E-state index >= 15 is 0 Å². The summed E-state index contributed by atoms with van der Waals surface area (Å²) in [6, 6.07) is 7.93. The van der Waals surface area contributed by atoms with E-state index in [1.807, 2.05) is 31.2 Å². The standard InChI is InChI=1S/C19H25N3OS/c1-13(16-6-4-8-20-11-16)9-19(23)22-17-7-3-5-15(10-17)18-12-24-14(2)21-18/h3,5,7,10,12-13,16,20H,4,6,8-9,11H2,1-2H3,(H,22,23). The molecule has 1 aromatic carbocycles. The molecule has 2 heterocycles. The summed E-state index contributed by atoms with van der Waals surface area (Å²) in [4.78, 5) is 16.9. The number of nitrogens with one attached hydrogen (secondary N) is 2. The van der Waals surface area contributed by atoms with Gasteiger partial charge in [-0.25, -0.2) is 4.98 Å². The molecule has 0 bridgehead atoms. The summed E-state index contributed by atoms with van der Waals surface area (Å²) in [6.45, 7) is 6.33. The van der Waals surface area contributed by atoms with Gasteiger partial charge in [0.2, 0.25) is 5.91 Å². The van der Waals surface area contributed by atoms with Gasteiger partial charge in [-0.15, -0.1) is 11.3 Å². The maximum absolute atomic E-state index is 12.4. The van der Waals surface area contributed by atoms with Gasteiger partial charge in [0.1, 0.15) is 0 Å². The lowest BCUT2D eigenvalue weighted by atomic mass is 9.85. The summed E-state index contributed by atoms with van der Waals surface area (Å²) < 4.78 is 0. The maximum atomic E-state index is 12.4. The number of hydrogen-bond donors (Lipinski definition) is 2. The van der Waals surface area contributed by atoms with Gasteiger partial charge in [0.15, 0.2) is 0 Å². The van der Waals surface area contributed by atoms with E-state index in [2.05, 4.69) is 27.9 Å². The van der Waals surface area contributed by atoms with Crippen LogP contribution < -0.4 is 10.6 Å². The number of amides is 1. The molecule has 1 amide bonds. The first-order chi connectivity index (χ1) is 11.6. The van der Waals surface area contributed by atoms with E-state index in [1.54, 1.807) is 11.3 Å². The van der Waals surface area contributed by atoms with Gasteiger partial charge >= 0.3 is 0 Å². The first-order valence-corrected chi connectivity index (χ1v) is 9.53.